The van der Waals surface area contributed by atoms with E-state index in [2.05, 4.69) is 11.9 Å². The second-order valence-electron chi connectivity index (χ2n) is 4.31. The quantitative estimate of drug-likeness (QED) is 0.836. The lowest BCUT2D eigenvalue weighted by Crippen LogP contribution is -2.25. The van der Waals surface area contributed by atoms with E-state index in [0.29, 0.717) is 24.7 Å². The van der Waals surface area contributed by atoms with Crippen LogP contribution in [0.1, 0.15) is 25.5 Å². The van der Waals surface area contributed by atoms with E-state index in [0.717, 1.165) is 18.7 Å². The Morgan fingerprint density at radius 2 is 2.38 bits per heavy atom. The van der Waals surface area contributed by atoms with Crippen LogP contribution in [-0.2, 0) is 11.3 Å². The average molecular weight is 219 g/mol. The summed E-state index contributed by atoms with van der Waals surface area (Å²) in [5.41, 5.74) is 6.47. The third kappa shape index (κ3) is 2.32. The predicted molar refractivity (Wildman–Crippen MR) is 62.5 cm³/mol. The summed E-state index contributed by atoms with van der Waals surface area (Å²) in [6, 6.07) is 5.53. The number of pyridine rings is 1. The first-order valence-corrected chi connectivity index (χ1v) is 5.68. The molecule has 1 saturated heterocycles. The first-order valence-electron chi connectivity index (χ1n) is 5.68. The van der Waals surface area contributed by atoms with Crippen LogP contribution in [0.4, 0.5) is 5.82 Å². The van der Waals surface area contributed by atoms with Gasteiger partial charge in [0.15, 0.2) is 0 Å². The molecule has 4 nitrogen and oxygen atoms in total. The highest BCUT2D eigenvalue weighted by Gasteiger charge is 2.28. The highest BCUT2D eigenvalue weighted by Crippen LogP contribution is 2.21. The molecule has 1 amide bonds. The van der Waals surface area contributed by atoms with Gasteiger partial charge in [-0.1, -0.05) is 19.4 Å². The summed E-state index contributed by atoms with van der Waals surface area (Å²) in [7, 11) is 0. The topological polar surface area (TPSA) is 59.2 Å². The summed E-state index contributed by atoms with van der Waals surface area (Å²) >= 11 is 0. The van der Waals surface area contributed by atoms with Gasteiger partial charge >= 0.3 is 0 Å². The number of anilines is 1. The Labute approximate surface area is 95.5 Å². The van der Waals surface area contributed by atoms with E-state index in [4.69, 9.17) is 5.73 Å². The van der Waals surface area contributed by atoms with Gasteiger partial charge in [0.25, 0.3) is 0 Å². The molecule has 16 heavy (non-hydrogen) atoms. The number of carbonyl (C=O) groups excluding carboxylic acids is 1. The molecule has 1 aromatic heterocycles. The second kappa shape index (κ2) is 4.51. The fraction of sp³-hybridized carbons (Fsp3) is 0.500. The van der Waals surface area contributed by atoms with Crippen molar-refractivity contribution in [3.8, 4) is 0 Å². The summed E-state index contributed by atoms with van der Waals surface area (Å²) < 4.78 is 0. The molecule has 1 aromatic rings. The molecule has 1 aliphatic heterocycles. The van der Waals surface area contributed by atoms with Gasteiger partial charge in [-0.15, -0.1) is 0 Å². The Balaban J connectivity index is 2.03. The fourth-order valence-corrected chi connectivity index (χ4v) is 2.06. The van der Waals surface area contributed by atoms with E-state index < -0.39 is 0 Å². The van der Waals surface area contributed by atoms with Crippen molar-refractivity contribution in [2.75, 3.05) is 12.3 Å². The fourth-order valence-electron chi connectivity index (χ4n) is 2.06. The summed E-state index contributed by atoms with van der Waals surface area (Å²) in [4.78, 5) is 17.8. The first-order chi connectivity index (χ1) is 7.69. The number of nitrogens with zero attached hydrogens (tertiary/aromatic N) is 2. The number of aromatic nitrogens is 1. The Hall–Kier alpha value is -1.58. The van der Waals surface area contributed by atoms with Gasteiger partial charge < -0.3 is 10.6 Å². The number of rotatable bonds is 3. The van der Waals surface area contributed by atoms with E-state index >= 15 is 0 Å². The molecular formula is C12H17N3O. The zero-order valence-electron chi connectivity index (χ0n) is 9.52. The van der Waals surface area contributed by atoms with Crippen molar-refractivity contribution in [1.82, 2.24) is 9.88 Å². The number of amides is 1. The van der Waals surface area contributed by atoms with Gasteiger partial charge in [0.05, 0.1) is 12.2 Å². The van der Waals surface area contributed by atoms with Gasteiger partial charge in [0, 0.05) is 13.0 Å². The van der Waals surface area contributed by atoms with E-state index in [1.165, 1.54) is 0 Å². The molecule has 0 radical (unpaired) electrons. The molecule has 1 fully saturated rings. The minimum absolute atomic E-state index is 0.232. The Kier molecular flexibility index (Phi) is 3.08. The molecule has 1 atom stereocenters. The number of nitrogens with two attached hydrogens (primary N) is 1. The van der Waals surface area contributed by atoms with E-state index in [1.807, 2.05) is 17.0 Å². The lowest BCUT2D eigenvalue weighted by molar-refractivity contribution is -0.128. The van der Waals surface area contributed by atoms with Crippen LogP contribution in [0.3, 0.4) is 0 Å². The van der Waals surface area contributed by atoms with Crippen LogP contribution >= 0.6 is 0 Å². The second-order valence-corrected chi connectivity index (χ2v) is 4.31. The highest BCUT2D eigenvalue weighted by molar-refractivity contribution is 5.78. The molecule has 0 bridgehead atoms. The van der Waals surface area contributed by atoms with Gasteiger partial charge in [-0.2, -0.15) is 0 Å². The largest absolute Gasteiger partial charge is 0.384 e. The monoisotopic (exact) mass is 219 g/mol. The smallest absolute Gasteiger partial charge is 0.223 e. The van der Waals surface area contributed by atoms with E-state index in [-0.39, 0.29) is 5.91 Å². The van der Waals surface area contributed by atoms with Crippen LogP contribution in [0.5, 0.6) is 0 Å². The maximum Gasteiger partial charge on any atom is 0.223 e. The van der Waals surface area contributed by atoms with Crippen molar-refractivity contribution < 1.29 is 4.79 Å². The zero-order chi connectivity index (χ0) is 11.5. The maximum atomic E-state index is 11.7. The predicted octanol–water partition coefficient (Wildman–Crippen LogP) is 1.42. The van der Waals surface area contributed by atoms with Gasteiger partial charge in [-0.05, 0) is 18.1 Å². The maximum absolute atomic E-state index is 11.7. The molecule has 1 unspecified atom stereocenters. The van der Waals surface area contributed by atoms with Crippen molar-refractivity contribution in [1.29, 1.82) is 0 Å². The van der Waals surface area contributed by atoms with E-state index in [9.17, 15) is 4.79 Å². The van der Waals surface area contributed by atoms with Gasteiger partial charge in [0.1, 0.15) is 5.82 Å². The summed E-state index contributed by atoms with van der Waals surface area (Å²) in [6.45, 7) is 3.56. The molecule has 0 aromatic carbocycles. The van der Waals surface area contributed by atoms with Crippen LogP contribution in [0.2, 0.25) is 0 Å². The summed E-state index contributed by atoms with van der Waals surface area (Å²) in [5.74, 6) is 1.25. The van der Waals surface area contributed by atoms with Crippen molar-refractivity contribution in [3.63, 3.8) is 0 Å². The highest BCUT2D eigenvalue weighted by atomic mass is 16.2. The SMILES string of the molecule is CCC1CC(=O)N(Cc2cccc(N)n2)C1. The molecule has 0 saturated carbocycles. The van der Waals surface area contributed by atoms with Crippen LogP contribution in [-0.4, -0.2) is 22.3 Å². The molecule has 0 spiro atoms. The molecule has 86 valence electrons. The summed E-state index contributed by atoms with van der Waals surface area (Å²) in [5, 5.41) is 0. The van der Waals surface area contributed by atoms with Gasteiger partial charge in [-0.3, -0.25) is 4.79 Å². The number of hydrogen-bond acceptors (Lipinski definition) is 3. The van der Waals surface area contributed by atoms with Crippen molar-refractivity contribution in [2.24, 2.45) is 5.92 Å². The first kappa shape index (κ1) is 10.9. The van der Waals surface area contributed by atoms with E-state index in [1.54, 1.807) is 6.07 Å². The molecule has 2 rings (SSSR count). The average Bonchev–Trinajstić information content (AvgIpc) is 2.60. The third-order valence-corrected chi connectivity index (χ3v) is 3.05. The van der Waals surface area contributed by atoms with Gasteiger partial charge in [-0.25, -0.2) is 4.98 Å². The number of hydrogen-bond donors (Lipinski definition) is 1. The Morgan fingerprint density at radius 1 is 1.56 bits per heavy atom. The van der Waals surface area contributed by atoms with Crippen LogP contribution in [0.15, 0.2) is 18.2 Å². The summed E-state index contributed by atoms with van der Waals surface area (Å²) in [6.07, 6.45) is 1.74. The number of nitrogen functional groups attached to an aromatic ring is 1. The van der Waals surface area contributed by atoms with Gasteiger partial charge in [0.2, 0.25) is 5.91 Å². The minimum Gasteiger partial charge on any atom is -0.384 e. The molecule has 2 heterocycles. The third-order valence-electron chi connectivity index (χ3n) is 3.05. The normalized spacial score (nSPS) is 20.4. The van der Waals surface area contributed by atoms with Crippen molar-refractivity contribution in [3.05, 3.63) is 23.9 Å². The van der Waals surface area contributed by atoms with Crippen LogP contribution in [0, 0.1) is 5.92 Å². The molecule has 0 aliphatic carbocycles. The van der Waals surface area contributed by atoms with Crippen molar-refractivity contribution >= 4 is 11.7 Å². The standard InChI is InChI=1S/C12H17N3O/c1-2-9-6-12(16)15(7-9)8-10-4-3-5-11(13)14-10/h3-5,9H,2,6-8H2,1H3,(H2,13,14). The molecule has 1 aliphatic rings. The van der Waals surface area contributed by atoms with Crippen molar-refractivity contribution in [2.45, 2.75) is 26.3 Å². The lowest BCUT2D eigenvalue weighted by atomic mass is 10.1. The zero-order valence-corrected chi connectivity index (χ0v) is 9.52. The molecular weight excluding hydrogens is 202 g/mol. The minimum atomic E-state index is 0.232. The van der Waals surface area contributed by atoms with Crippen LogP contribution in [0.25, 0.3) is 0 Å². The number of carbonyl (C=O) groups is 1. The van der Waals surface area contributed by atoms with Crippen LogP contribution < -0.4 is 5.73 Å². The molecule has 4 heteroatoms. The Morgan fingerprint density at radius 3 is 3.00 bits per heavy atom. The number of likely N-dealkylation sites (tertiary alicyclic amines) is 1. The molecule has 2 N–H and O–H groups in total. The lowest BCUT2D eigenvalue weighted by Gasteiger charge is -2.15. The Bertz CT molecular complexity index is 392.